The lowest BCUT2D eigenvalue weighted by atomic mass is 10.2. The summed E-state index contributed by atoms with van der Waals surface area (Å²) in [6.45, 7) is -0.435. The van der Waals surface area contributed by atoms with Gasteiger partial charge in [-0.2, -0.15) is 0 Å². The molecule has 2 aromatic carbocycles. The van der Waals surface area contributed by atoms with Crippen LogP contribution < -0.4 is 5.32 Å². The average Bonchev–Trinajstić information content (AvgIpc) is 2.71. The van der Waals surface area contributed by atoms with Gasteiger partial charge in [0, 0.05) is 37.7 Å². The van der Waals surface area contributed by atoms with Crippen molar-refractivity contribution in [3.8, 4) is 0 Å². The smallest absolute Gasteiger partial charge is 0.338 e. The summed E-state index contributed by atoms with van der Waals surface area (Å²) in [5.41, 5.74) is 2.51. The van der Waals surface area contributed by atoms with E-state index in [-0.39, 0.29) is 11.5 Å². The van der Waals surface area contributed by atoms with E-state index in [1.807, 2.05) is 0 Å². The van der Waals surface area contributed by atoms with E-state index in [1.165, 1.54) is 11.1 Å². The number of carbonyl (C=O) groups excluding carboxylic acids is 3. The molecule has 0 saturated carbocycles. The number of nitrogens with zero attached hydrogens (tertiary/aromatic N) is 3. The highest BCUT2D eigenvalue weighted by Crippen LogP contribution is 2.13. The van der Waals surface area contributed by atoms with E-state index in [1.54, 1.807) is 62.8 Å². The third-order valence-corrected chi connectivity index (χ3v) is 3.86. The normalized spacial score (nSPS) is 10.4. The number of benzene rings is 2. The van der Waals surface area contributed by atoms with E-state index >= 15 is 0 Å². The monoisotopic (exact) mass is 378 g/mol. The Morgan fingerprint density at radius 3 is 2.25 bits per heavy atom. The molecule has 0 atom stereocenters. The van der Waals surface area contributed by atoms with E-state index in [4.69, 9.17) is 4.74 Å². The first-order valence-electron chi connectivity index (χ1n) is 8.43. The van der Waals surface area contributed by atoms with Crippen LogP contribution in [0, 0.1) is 0 Å². The van der Waals surface area contributed by atoms with E-state index in [0.717, 1.165) is 0 Å². The van der Waals surface area contributed by atoms with Gasteiger partial charge in [0.1, 0.15) is 0 Å². The van der Waals surface area contributed by atoms with Crippen LogP contribution in [0.15, 0.2) is 54.9 Å². The zero-order valence-electron chi connectivity index (χ0n) is 15.4. The second kappa shape index (κ2) is 8.26. The highest BCUT2D eigenvalue weighted by atomic mass is 16.5. The summed E-state index contributed by atoms with van der Waals surface area (Å²) in [6.07, 6.45) is 3.09. The lowest BCUT2D eigenvalue weighted by Crippen LogP contribution is -2.22. The van der Waals surface area contributed by atoms with Gasteiger partial charge in [-0.3, -0.25) is 19.6 Å². The van der Waals surface area contributed by atoms with Crippen molar-refractivity contribution in [3.05, 3.63) is 66.0 Å². The van der Waals surface area contributed by atoms with Gasteiger partial charge in [-0.05, 0) is 42.5 Å². The highest BCUT2D eigenvalue weighted by Gasteiger charge is 2.12. The number of ether oxygens (including phenoxy) is 1. The van der Waals surface area contributed by atoms with Crippen LogP contribution in [0.25, 0.3) is 11.0 Å². The fraction of sp³-hybridized carbons (Fsp3) is 0.150. The molecule has 8 nitrogen and oxygen atoms in total. The first kappa shape index (κ1) is 19.0. The minimum Gasteiger partial charge on any atom is -0.452 e. The number of rotatable bonds is 5. The number of hydrogen-bond donors (Lipinski definition) is 1. The molecule has 1 N–H and O–H groups in total. The Labute approximate surface area is 161 Å². The number of carbonyl (C=O) groups is 3. The van der Waals surface area contributed by atoms with Crippen molar-refractivity contribution < 1.29 is 19.1 Å². The standard InChI is InChI=1S/C20H18N4O4/c1-24(2)19(26)13-3-6-15(7-4-13)23-18(25)12-28-20(27)14-5-8-16-17(11-14)22-10-9-21-16/h3-11H,12H2,1-2H3,(H,23,25). The number of aromatic nitrogens is 2. The Bertz CT molecular complexity index is 1030. The van der Waals surface area contributed by atoms with Crippen LogP contribution >= 0.6 is 0 Å². The summed E-state index contributed by atoms with van der Waals surface area (Å²) in [6, 6.07) is 11.2. The van der Waals surface area contributed by atoms with E-state index < -0.39 is 18.5 Å². The molecule has 0 aliphatic heterocycles. The Balaban J connectivity index is 1.56. The number of anilines is 1. The van der Waals surface area contributed by atoms with Crippen molar-refractivity contribution >= 4 is 34.5 Å². The number of amides is 2. The van der Waals surface area contributed by atoms with Gasteiger partial charge in [-0.1, -0.05) is 0 Å². The molecule has 8 heteroatoms. The van der Waals surface area contributed by atoms with E-state index in [2.05, 4.69) is 15.3 Å². The van der Waals surface area contributed by atoms with Gasteiger partial charge < -0.3 is 15.0 Å². The fourth-order valence-corrected chi connectivity index (χ4v) is 2.46. The van der Waals surface area contributed by atoms with Crippen LogP contribution in [0.4, 0.5) is 5.69 Å². The highest BCUT2D eigenvalue weighted by molar-refractivity contribution is 5.98. The molecule has 0 aliphatic rings. The molecular formula is C20H18N4O4. The molecule has 3 rings (SSSR count). The van der Waals surface area contributed by atoms with Gasteiger partial charge in [0.25, 0.3) is 11.8 Å². The molecule has 1 aromatic heterocycles. The lowest BCUT2D eigenvalue weighted by molar-refractivity contribution is -0.119. The molecule has 0 saturated heterocycles. The molecular weight excluding hydrogens is 360 g/mol. The molecule has 0 aliphatic carbocycles. The second-order valence-corrected chi connectivity index (χ2v) is 6.16. The summed E-state index contributed by atoms with van der Waals surface area (Å²) < 4.78 is 5.04. The zero-order chi connectivity index (χ0) is 20.1. The van der Waals surface area contributed by atoms with Crippen LogP contribution in [-0.4, -0.2) is 53.4 Å². The molecule has 3 aromatic rings. The molecule has 0 spiro atoms. The van der Waals surface area contributed by atoms with Crippen LogP contribution in [-0.2, 0) is 9.53 Å². The first-order valence-corrected chi connectivity index (χ1v) is 8.43. The lowest BCUT2D eigenvalue weighted by Gasteiger charge is -2.11. The number of esters is 1. The van der Waals surface area contributed by atoms with Gasteiger partial charge in [0.05, 0.1) is 16.6 Å². The third kappa shape index (κ3) is 4.47. The van der Waals surface area contributed by atoms with Crippen molar-refractivity contribution in [2.75, 3.05) is 26.0 Å². The van der Waals surface area contributed by atoms with Gasteiger partial charge in [-0.15, -0.1) is 0 Å². The molecule has 142 valence electrons. The van der Waals surface area contributed by atoms with Crippen LogP contribution in [0.2, 0.25) is 0 Å². The molecule has 0 fully saturated rings. The van der Waals surface area contributed by atoms with Crippen molar-refractivity contribution in [2.45, 2.75) is 0 Å². The summed E-state index contributed by atoms with van der Waals surface area (Å²) in [5.74, 6) is -1.25. The Kier molecular flexibility index (Phi) is 5.59. The molecule has 0 bridgehead atoms. The Morgan fingerprint density at radius 2 is 1.57 bits per heavy atom. The second-order valence-electron chi connectivity index (χ2n) is 6.16. The molecule has 1 heterocycles. The van der Waals surface area contributed by atoms with Crippen molar-refractivity contribution in [3.63, 3.8) is 0 Å². The van der Waals surface area contributed by atoms with Gasteiger partial charge in [-0.25, -0.2) is 4.79 Å². The summed E-state index contributed by atoms with van der Waals surface area (Å²) in [5, 5.41) is 2.61. The van der Waals surface area contributed by atoms with E-state index in [9.17, 15) is 14.4 Å². The number of nitrogens with one attached hydrogen (secondary N) is 1. The van der Waals surface area contributed by atoms with Gasteiger partial charge in [0.15, 0.2) is 6.61 Å². The topological polar surface area (TPSA) is 101 Å². The predicted octanol–water partition coefficient (Wildman–Crippen LogP) is 2.13. The van der Waals surface area contributed by atoms with E-state index in [0.29, 0.717) is 22.3 Å². The first-order chi connectivity index (χ1) is 13.4. The average molecular weight is 378 g/mol. The zero-order valence-corrected chi connectivity index (χ0v) is 15.4. The summed E-state index contributed by atoms with van der Waals surface area (Å²) in [7, 11) is 3.32. The Morgan fingerprint density at radius 1 is 0.929 bits per heavy atom. The molecule has 2 amide bonds. The number of hydrogen-bond acceptors (Lipinski definition) is 6. The largest absolute Gasteiger partial charge is 0.452 e. The third-order valence-electron chi connectivity index (χ3n) is 3.86. The predicted molar refractivity (Wildman–Crippen MR) is 103 cm³/mol. The maximum atomic E-state index is 12.1. The molecule has 28 heavy (non-hydrogen) atoms. The number of fused-ring (bicyclic) bond motifs is 1. The van der Waals surface area contributed by atoms with Crippen LogP contribution in [0.5, 0.6) is 0 Å². The molecule has 0 radical (unpaired) electrons. The maximum absolute atomic E-state index is 12.1. The van der Waals surface area contributed by atoms with Gasteiger partial charge >= 0.3 is 5.97 Å². The minimum absolute atomic E-state index is 0.133. The quantitative estimate of drug-likeness (QED) is 0.683. The summed E-state index contributed by atoms with van der Waals surface area (Å²) in [4.78, 5) is 45.7. The van der Waals surface area contributed by atoms with Crippen molar-refractivity contribution in [1.29, 1.82) is 0 Å². The van der Waals surface area contributed by atoms with Crippen LogP contribution in [0.3, 0.4) is 0 Å². The Hall–Kier alpha value is -3.81. The molecule has 0 unspecified atom stereocenters. The SMILES string of the molecule is CN(C)C(=O)c1ccc(NC(=O)COC(=O)c2ccc3nccnc3c2)cc1. The fourth-order valence-electron chi connectivity index (χ4n) is 2.46. The van der Waals surface area contributed by atoms with Crippen molar-refractivity contribution in [2.24, 2.45) is 0 Å². The summed E-state index contributed by atoms with van der Waals surface area (Å²) >= 11 is 0. The van der Waals surface area contributed by atoms with Crippen molar-refractivity contribution in [1.82, 2.24) is 14.9 Å². The van der Waals surface area contributed by atoms with Gasteiger partial charge in [0.2, 0.25) is 0 Å². The maximum Gasteiger partial charge on any atom is 0.338 e. The minimum atomic E-state index is -0.630. The van der Waals surface area contributed by atoms with Crippen LogP contribution in [0.1, 0.15) is 20.7 Å².